The molecule has 0 saturated heterocycles. The van der Waals surface area contributed by atoms with Gasteiger partial charge in [-0.3, -0.25) is 4.79 Å². The summed E-state index contributed by atoms with van der Waals surface area (Å²) in [5.41, 5.74) is 1.41. The predicted molar refractivity (Wildman–Crippen MR) is 107 cm³/mol. The molecule has 0 atom stereocenters. The monoisotopic (exact) mass is 388 g/mol. The molecule has 8 heteroatoms. The Kier molecular flexibility index (Phi) is 8.08. The van der Waals surface area contributed by atoms with Crippen LogP contribution in [0.25, 0.3) is 0 Å². The molecular weight excluding hydrogens is 363 g/mol. The van der Waals surface area contributed by atoms with Gasteiger partial charge in [0.15, 0.2) is 5.96 Å². The molecule has 2 aromatic rings. The molecule has 0 aromatic heterocycles. The summed E-state index contributed by atoms with van der Waals surface area (Å²) in [7, 11) is 3.18. The second kappa shape index (κ2) is 10.8. The van der Waals surface area contributed by atoms with E-state index in [2.05, 4.69) is 20.9 Å². The van der Waals surface area contributed by atoms with Crippen molar-refractivity contribution in [1.82, 2.24) is 10.6 Å². The van der Waals surface area contributed by atoms with Crippen LogP contribution in [-0.2, 0) is 11.3 Å². The van der Waals surface area contributed by atoms with E-state index in [-0.39, 0.29) is 18.3 Å². The van der Waals surface area contributed by atoms with E-state index in [1.54, 1.807) is 20.3 Å². The summed E-state index contributed by atoms with van der Waals surface area (Å²) in [6.45, 7) is 2.96. The molecule has 150 valence electrons. The van der Waals surface area contributed by atoms with Gasteiger partial charge in [-0.1, -0.05) is 0 Å². The molecule has 0 heterocycles. The number of anilines is 1. The number of nitrogens with one attached hydrogen (secondary N) is 3. The van der Waals surface area contributed by atoms with Gasteiger partial charge >= 0.3 is 0 Å². The number of amides is 1. The van der Waals surface area contributed by atoms with Gasteiger partial charge in [-0.15, -0.1) is 0 Å². The van der Waals surface area contributed by atoms with Gasteiger partial charge in [0.05, 0.1) is 27.3 Å². The van der Waals surface area contributed by atoms with Crippen molar-refractivity contribution in [1.29, 1.82) is 0 Å². The Morgan fingerprint density at radius 3 is 2.46 bits per heavy atom. The quantitative estimate of drug-likeness (QED) is 0.478. The minimum absolute atomic E-state index is 0.0168. The molecule has 1 amide bonds. The number of benzene rings is 2. The fraction of sp³-hybridized carbons (Fsp3) is 0.300. The molecule has 28 heavy (non-hydrogen) atoms. The van der Waals surface area contributed by atoms with Gasteiger partial charge in [-0.2, -0.15) is 0 Å². The third-order valence-electron chi connectivity index (χ3n) is 3.79. The van der Waals surface area contributed by atoms with Crippen molar-refractivity contribution < 1.29 is 18.7 Å². The summed E-state index contributed by atoms with van der Waals surface area (Å²) in [6.07, 6.45) is 0. The highest BCUT2D eigenvalue weighted by Gasteiger charge is 2.07. The average molecular weight is 388 g/mol. The van der Waals surface area contributed by atoms with Crippen molar-refractivity contribution in [3.63, 3.8) is 0 Å². The van der Waals surface area contributed by atoms with Crippen molar-refractivity contribution in [3.8, 4) is 11.5 Å². The van der Waals surface area contributed by atoms with Crippen LogP contribution in [-0.4, -0.2) is 39.2 Å². The van der Waals surface area contributed by atoms with Crippen LogP contribution in [0.5, 0.6) is 11.5 Å². The van der Waals surface area contributed by atoms with E-state index in [9.17, 15) is 9.18 Å². The van der Waals surface area contributed by atoms with Crippen molar-refractivity contribution in [3.05, 3.63) is 53.8 Å². The Morgan fingerprint density at radius 2 is 1.82 bits per heavy atom. The lowest BCUT2D eigenvalue weighted by Crippen LogP contribution is -2.41. The number of ether oxygens (including phenoxy) is 2. The fourth-order valence-corrected chi connectivity index (χ4v) is 2.39. The lowest BCUT2D eigenvalue weighted by molar-refractivity contribution is -0.115. The van der Waals surface area contributed by atoms with Crippen molar-refractivity contribution >= 4 is 17.6 Å². The number of hydrogen-bond acceptors (Lipinski definition) is 4. The third kappa shape index (κ3) is 6.46. The highest BCUT2D eigenvalue weighted by Crippen LogP contribution is 2.25. The summed E-state index contributed by atoms with van der Waals surface area (Å²) in [6, 6.07) is 11.1. The first kappa shape index (κ1) is 21.0. The number of rotatable bonds is 8. The van der Waals surface area contributed by atoms with Crippen molar-refractivity contribution in [2.75, 3.05) is 32.6 Å². The van der Waals surface area contributed by atoms with Crippen LogP contribution in [0.3, 0.4) is 0 Å². The Morgan fingerprint density at radius 1 is 1.07 bits per heavy atom. The SMILES string of the molecule is CCNC(=NCc1ccc(OC)cc1OC)NCC(=O)Nc1ccc(F)cc1. The predicted octanol–water partition coefficient (Wildman–Crippen LogP) is 2.54. The fourth-order valence-electron chi connectivity index (χ4n) is 2.39. The molecule has 7 nitrogen and oxygen atoms in total. The molecule has 0 aliphatic carbocycles. The molecule has 0 aliphatic rings. The number of carbonyl (C=O) groups is 1. The van der Waals surface area contributed by atoms with E-state index in [0.29, 0.717) is 36.2 Å². The van der Waals surface area contributed by atoms with Crippen molar-refractivity contribution in [2.24, 2.45) is 4.99 Å². The number of halogens is 1. The van der Waals surface area contributed by atoms with Gasteiger partial charge in [0.25, 0.3) is 0 Å². The molecule has 0 spiro atoms. The van der Waals surface area contributed by atoms with Crippen LogP contribution in [0.2, 0.25) is 0 Å². The summed E-state index contributed by atoms with van der Waals surface area (Å²) >= 11 is 0. The zero-order chi connectivity index (χ0) is 20.4. The van der Waals surface area contributed by atoms with Crippen molar-refractivity contribution in [2.45, 2.75) is 13.5 Å². The summed E-state index contributed by atoms with van der Waals surface area (Å²) in [5, 5.41) is 8.74. The number of nitrogens with zero attached hydrogens (tertiary/aromatic N) is 1. The highest BCUT2D eigenvalue weighted by molar-refractivity contribution is 5.94. The van der Waals surface area contributed by atoms with Gasteiger partial charge in [-0.25, -0.2) is 9.38 Å². The standard InChI is InChI=1S/C20H25FN4O3/c1-4-22-20(23-12-14-5-10-17(27-2)11-18(14)28-3)24-13-19(26)25-16-8-6-15(21)7-9-16/h5-11H,4,12-13H2,1-3H3,(H,25,26)(H2,22,23,24). The Hall–Kier alpha value is -3.29. The lowest BCUT2D eigenvalue weighted by Gasteiger charge is -2.13. The smallest absolute Gasteiger partial charge is 0.243 e. The van der Waals surface area contributed by atoms with Gasteiger partial charge in [0.1, 0.15) is 17.3 Å². The summed E-state index contributed by atoms with van der Waals surface area (Å²) < 4.78 is 23.5. The highest BCUT2D eigenvalue weighted by atomic mass is 19.1. The Bertz CT molecular complexity index is 810. The Labute approximate surface area is 164 Å². The molecule has 0 saturated carbocycles. The number of methoxy groups -OCH3 is 2. The van der Waals surface area contributed by atoms with E-state index < -0.39 is 0 Å². The average Bonchev–Trinajstić information content (AvgIpc) is 2.71. The molecule has 0 unspecified atom stereocenters. The van der Waals surface area contributed by atoms with E-state index in [1.165, 1.54) is 24.3 Å². The van der Waals surface area contributed by atoms with E-state index in [1.807, 2.05) is 19.1 Å². The van der Waals surface area contributed by atoms with Crippen LogP contribution in [0.1, 0.15) is 12.5 Å². The molecule has 2 rings (SSSR count). The summed E-state index contributed by atoms with van der Waals surface area (Å²) in [4.78, 5) is 16.5. The zero-order valence-electron chi connectivity index (χ0n) is 16.2. The van der Waals surface area contributed by atoms with E-state index in [4.69, 9.17) is 9.47 Å². The first-order chi connectivity index (χ1) is 13.5. The maximum atomic E-state index is 12.9. The number of aliphatic imine (C=N–C) groups is 1. The van der Waals surface area contributed by atoms with Crippen LogP contribution in [0.4, 0.5) is 10.1 Å². The first-order valence-electron chi connectivity index (χ1n) is 8.84. The second-order valence-corrected chi connectivity index (χ2v) is 5.78. The maximum absolute atomic E-state index is 12.9. The third-order valence-corrected chi connectivity index (χ3v) is 3.79. The van der Waals surface area contributed by atoms with Gasteiger partial charge < -0.3 is 25.4 Å². The molecule has 3 N–H and O–H groups in total. The largest absolute Gasteiger partial charge is 0.497 e. The second-order valence-electron chi connectivity index (χ2n) is 5.78. The minimum Gasteiger partial charge on any atom is -0.497 e. The van der Waals surface area contributed by atoms with E-state index >= 15 is 0 Å². The van der Waals surface area contributed by atoms with Gasteiger partial charge in [-0.05, 0) is 43.3 Å². The first-order valence-corrected chi connectivity index (χ1v) is 8.84. The van der Waals surface area contributed by atoms with Crippen LogP contribution in [0.15, 0.2) is 47.5 Å². The number of hydrogen-bond donors (Lipinski definition) is 3. The Balaban J connectivity index is 1.96. The molecule has 2 aromatic carbocycles. The normalized spacial score (nSPS) is 10.9. The molecule has 0 bridgehead atoms. The minimum atomic E-state index is -0.355. The summed E-state index contributed by atoms with van der Waals surface area (Å²) in [5.74, 6) is 1.25. The number of guanidine groups is 1. The van der Waals surface area contributed by atoms with E-state index in [0.717, 1.165) is 5.56 Å². The van der Waals surface area contributed by atoms with Gasteiger partial charge in [0, 0.05) is 23.9 Å². The molecule has 0 radical (unpaired) electrons. The van der Waals surface area contributed by atoms with Crippen LogP contribution in [0, 0.1) is 5.82 Å². The van der Waals surface area contributed by atoms with Crippen LogP contribution < -0.4 is 25.4 Å². The molecule has 0 aliphatic heterocycles. The number of carbonyl (C=O) groups excluding carboxylic acids is 1. The zero-order valence-corrected chi connectivity index (χ0v) is 16.2. The molecule has 0 fully saturated rings. The maximum Gasteiger partial charge on any atom is 0.243 e. The lowest BCUT2D eigenvalue weighted by atomic mass is 10.2. The molecular formula is C20H25FN4O3. The van der Waals surface area contributed by atoms with Gasteiger partial charge in [0.2, 0.25) is 5.91 Å². The van der Waals surface area contributed by atoms with Crippen LogP contribution >= 0.6 is 0 Å². The topological polar surface area (TPSA) is 84.0 Å².